The van der Waals surface area contributed by atoms with Crippen molar-refractivity contribution in [1.82, 2.24) is 0 Å². The van der Waals surface area contributed by atoms with Gasteiger partial charge in [-0.05, 0) is 39.2 Å². The first-order valence-corrected chi connectivity index (χ1v) is 7.71. The van der Waals surface area contributed by atoms with E-state index in [4.69, 9.17) is 9.57 Å². The minimum absolute atomic E-state index is 0.0937. The Hall–Kier alpha value is -2.14. The lowest BCUT2D eigenvalue weighted by molar-refractivity contribution is 0.0472. The van der Waals surface area contributed by atoms with Gasteiger partial charge in [0.25, 0.3) is 0 Å². The van der Waals surface area contributed by atoms with Crippen molar-refractivity contribution in [2.24, 2.45) is 5.16 Å². The predicted molar refractivity (Wildman–Crippen MR) is 86.8 cm³/mol. The first-order chi connectivity index (χ1) is 10.7. The maximum Gasteiger partial charge on any atom is 0.338 e. The number of rotatable bonds is 4. The maximum absolute atomic E-state index is 12.0. The van der Waals surface area contributed by atoms with Gasteiger partial charge in [0, 0.05) is 6.42 Å². The van der Waals surface area contributed by atoms with Crippen molar-refractivity contribution in [3.05, 3.63) is 71.3 Å². The lowest BCUT2D eigenvalue weighted by Gasteiger charge is -2.09. The highest BCUT2D eigenvalue weighted by molar-refractivity contribution is 9.18. The Morgan fingerprint density at radius 2 is 1.91 bits per heavy atom. The molecule has 0 saturated carbocycles. The molecule has 0 unspecified atom stereocenters. The van der Waals surface area contributed by atoms with E-state index in [1.807, 2.05) is 42.5 Å². The summed E-state index contributed by atoms with van der Waals surface area (Å²) in [5.41, 5.74) is 2.48. The molecule has 0 aromatic heterocycles. The third-order valence-electron chi connectivity index (χ3n) is 3.36. The van der Waals surface area contributed by atoms with E-state index in [1.165, 1.54) is 0 Å². The number of carbonyl (C=O) groups is 1. The Bertz CT molecular complexity index is 683. The van der Waals surface area contributed by atoms with E-state index in [2.05, 4.69) is 21.1 Å². The van der Waals surface area contributed by atoms with Gasteiger partial charge >= 0.3 is 5.97 Å². The van der Waals surface area contributed by atoms with Crippen molar-refractivity contribution in [3.63, 3.8) is 0 Å². The van der Waals surface area contributed by atoms with Crippen LogP contribution < -0.4 is 0 Å². The third kappa shape index (κ3) is 3.54. The molecule has 0 spiro atoms. The van der Waals surface area contributed by atoms with Gasteiger partial charge < -0.3 is 9.57 Å². The summed E-state index contributed by atoms with van der Waals surface area (Å²) in [5.74, 6) is -0.333. The van der Waals surface area contributed by atoms with Gasteiger partial charge in [-0.3, -0.25) is 0 Å². The van der Waals surface area contributed by atoms with E-state index < -0.39 is 0 Å². The second-order valence-corrected chi connectivity index (χ2v) is 5.86. The van der Waals surface area contributed by atoms with Crippen LogP contribution in [0.2, 0.25) is 0 Å². The van der Waals surface area contributed by atoms with Gasteiger partial charge in [-0.2, -0.15) is 0 Å². The molecule has 4 nitrogen and oxygen atoms in total. The number of ether oxygens (including phenoxy) is 1. The van der Waals surface area contributed by atoms with Gasteiger partial charge in [0.1, 0.15) is 11.2 Å². The van der Waals surface area contributed by atoms with Crippen molar-refractivity contribution in [2.75, 3.05) is 0 Å². The standard InChI is InChI=1S/C17H14BrNO3/c18-16-10-15(22-19-16)13-6-8-14(9-7-13)17(20)21-11-12-4-2-1-3-5-12/h1-9,15H,10-11H2/t15-/m1/s1. The Balaban J connectivity index is 1.59. The summed E-state index contributed by atoms with van der Waals surface area (Å²) in [6, 6.07) is 16.8. The van der Waals surface area contributed by atoms with Crippen molar-refractivity contribution < 1.29 is 14.4 Å². The van der Waals surface area contributed by atoms with Crippen LogP contribution in [0.4, 0.5) is 0 Å². The fourth-order valence-corrected chi connectivity index (χ4v) is 2.54. The molecule has 2 aromatic rings. The highest BCUT2D eigenvalue weighted by Gasteiger charge is 2.21. The van der Waals surface area contributed by atoms with Gasteiger partial charge in [-0.25, -0.2) is 4.79 Å². The van der Waals surface area contributed by atoms with E-state index in [1.54, 1.807) is 12.1 Å². The first-order valence-electron chi connectivity index (χ1n) is 6.91. The third-order valence-corrected chi connectivity index (χ3v) is 3.83. The molecule has 1 aliphatic heterocycles. The molecule has 0 radical (unpaired) electrons. The van der Waals surface area contributed by atoms with Crippen molar-refractivity contribution in [1.29, 1.82) is 0 Å². The number of esters is 1. The summed E-state index contributed by atoms with van der Waals surface area (Å²) < 4.78 is 6.09. The number of carbonyl (C=O) groups excluding carboxylic acids is 1. The molecule has 22 heavy (non-hydrogen) atoms. The van der Waals surface area contributed by atoms with Gasteiger partial charge in [-0.1, -0.05) is 47.6 Å². The second kappa shape index (κ2) is 6.75. The average Bonchev–Trinajstić information content (AvgIpc) is 3.00. The maximum atomic E-state index is 12.0. The van der Waals surface area contributed by atoms with Crippen LogP contribution in [-0.2, 0) is 16.2 Å². The minimum Gasteiger partial charge on any atom is -0.457 e. The van der Waals surface area contributed by atoms with E-state index in [0.29, 0.717) is 12.0 Å². The zero-order valence-corrected chi connectivity index (χ0v) is 13.3. The summed E-state index contributed by atoms with van der Waals surface area (Å²) in [7, 11) is 0. The minimum atomic E-state index is -0.333. The summed E-state index contributed by atoms with van der Waals surface area (Å²) in [6.45, 7) is 0.272. The summed E-state index contributed by atoms with van der Waals surface area (Å²) in [5, 5.41) is 3.86. The molecule has 112 valence electrons. The zero-order chi connectivity index (χ0) is 15.4. The molecule has 0 amide bonds. The first kappa shape index (κ1) is 14.8. The molecule has 0 bridgehead atoms. The number of nitrogens with zero attached hydrogens (tertiary/aromatic N) is 1. The number of oxime groups is 1. The Kier molecular flexibility index (Phi) is 4.53. The Labute approximate surface area is 136 Å². The quantitative estimate of drug-likeness (QED) is 0.768. The molecule has 0 saturated heterocycles. The molecule has 1 heterocycles. The number of halogens is 1. The topological polar surface area (TPSA) is 47.9 Å². The van der Waals surface area contributed by atoms with Gasteiger partial charge in [0.05, 0.1) is 5.56 Å². The molecule has 2 aromatic carbocycles. The Morgan fingerprint density at radius 3 is 2.55 bits per heavy atom. The molecule has 0 N–H and O–H groups in total. The summed E-state index contributed by atoms with van der Waals surface area (Å²) >= 11 is 3.31. The van der Waals surface area contributed by atoms with E-state index in [0.717, 1.165) is 15.7 Å². The SMILES string of the molecule is O=C(OCc1ccccc1)c1ccc([C@H]2CC(Br)=NO2)cc1. The molecule has 0 fully saturated rings. The van der Waals surface area contributed by atoms with Crippen LogP contribution >= 0.6 is 15.9 Å². The van der Waals surface area contributed by atoms with E-state index in [-0.39, 0.29) is 18.7 Å². The lowest BCUT2D eigenvalue weighted by Crippen LogP contribution is -2.06. The van der Waals surface area contributed by atoms with Gasteiger partial charge in [0.15, 0.2) is 6.10 Å². The number of benzene rings is 2. The molecule has 1 aliphatic rings. The largest absolute Gasteiger partial charge is 0.457 e. The molecule has 0 aliphatic carbocycles. The Morgan fingerprint density at radius 1 is 1.18 bits per heavy atom. The van der Waals surface area contributed by atoms with E-state index >= 15 is 0 Å². The van der Waals surface area contributed by atoms with Crippen molar-refractivity contribution >= 4 is 26.5 Å². The summed E-state index contributed by atoms with van der Waals surface area (Å²) in [4.78, 5) is 17.3. The highest BCUT2D eigenvalue weighted by atomic mass is 79.9. The smallest absolute Gasteiger partial charge is 0.338 e. The van der Waals surface area contributed by atoms with Crippen LogP contribution in [0.3, 0.4) is 0 Å². The molecular formula is C17H14BrNO3. The lowest BCUT2D eigenvalue weighted by atomic mass is 10.1. The van der Waals surface area contributed by atoms with E-state index in [9.17, 15) is 4.79 Å². The van der Waals surface area contributed by atoms with Gasteiger partial charge in [-0.15, -0.1) is 0 Å². The van der Waals surface area contributed by atoms with Crippen LogP contribution in [0.25, 0.3) is 0 Å². The normalized spacial score (nSPS) is 16.8. The van der Waals surface area contributed by atoms with Crippen LogP contribution in [0.15, 0.2) is 59.8 Å². The molecular weight excluding hydrogens is 346 g/mol. The predicted octanol–water partition coefficient (Wildman–Crippen LogP) is 4.21. The van der Waals surface area contributed by atoms with Crippen molar-refractivity contribution in [3.8, 4) is 0 Å². The summed E-state index contributed by atoms with van der Waals surface area (Å²) in [6.07, 6.45) is 0.612. The second-order valence-electron chi connectivity index (χ2n) is 4.95. The van der Waals surface area contributed by atoms with Crippen LogP contribution in [0.5, 0.6) is 0 Å². The number of hydrogen-bond acceptors (Lipinski definition) is 4. The van der Waals surface area contributed by atoms with Crippen LogP contribution in [-0.4, -0.2) is 10.6 Å². The van der Waals surface area contributed by atoms with Crippen LogP contribution in [0.1, 0.15) is 34.0 Å². The number of hydrogen-bond donors (Lipinski definition) is 0. The molecule has 1 atom stereocenters. The highest BCUT2D eigenvalue weighted by Crippen LogP contribution is 2.29. The zero-order valence-electron chi connectivity index (χ0n) is 11.7. The van der Waals surface area contributed by atoms with Gasteiger partial charge in [0.2, 0.25) is 0 Å². The fourth-order valence-electron chi connectivity index (χ4n) is 2.17. The van der Waals surface area contributed by atoms with Crippen molar-refractivity contribution in [2.45, 2.75) is 19.1 Å². The fraction of sp³-hybridized carbons (Fsp3) is 0.176. The monoisotopic (exact) mass is 359 g/mol. The molecule has 5 heteroatoms. The molecule has 3 rings (SSSR count). The average molecular weight is 360 g/mol. The van der Waals surface area contributed by atoms with Crippen LogP contribution in [0, 0.1) is 0 Å².